The Labute approximate surface area is 72.4 Å². The maximum Gasteiger partial charge on any atom is 0.106 e. The third kappa shape index (κ3) is 1.85. The average molecular weight is 163 g/mol. The number of aryl methyl sites for hydroxylation is 3. The number of hydrogen-bond acceptors (Lipinski definition) is 2. The van der Waals surface area contributed by atoms with E-state index in [9.17, 15) is 0 Å². The molecule has 64 valence electrons. The molecule has 0 saturated carbocycles. The number of rotatable bonds is 3. The van der Waals surface area contributed by atoms with E-state index < -0.39 is 0 Å². The number of nitrogens with zero attached hydrogens (tertiary/aromatic N) is 2. The monoisotopic (exact) mass is 163 g/mol. The minimum atomic E-state index is 0.550. The van der Waals surface area contributed by atoms with E-state index in [-0.39, 0.29) is 0 Å². The first kappa shape index (κ1) is 8.79. The summed E-state index contributed by atoms with van der Waals surface area (Å²) >= 11 is 0. The molecule has 0 aromatic carbocycles. The van der Waals surface area contributed by atoms with Crippen molar-refractivity contribution in [3.63, 3.8) is 0 Å². The smallest absolute Gasteiger partial charge is 0.106 e. The zero-order valence-corrected chi connectivity index (χ0v) is 7.52. The Hall–Kier alpha value is -1.30. The minimum absolute atomic E-state index is 0.550. The molecule has 1 aromatic rings. The molecule has 3 heteroatoms. The molecule has 0 unspecified atom stereocenters. The first-order valence-electron chi connectivity index (χ1n) is 4.19. The minimum Gasteiger partial charge on any atom is -0.346 e. The van der Waals surface area contributed by atoms with Crippen molar-refractivity contribution >= 4 is 0 Å². The van der Waals surface area contributed by atoms with E-state index in [0.717, 1.165) is 30.1 Å². The van der Waals surface area contributed by atoms with Gasteiger partial charge < -0.3 is 4.98 Å². The van der Waals surface area contributed by atoms with Crippen LogP contribution in [-0.2, 0) is 12.8 Å². The largest absolute Gasteiger partial charge is 0.346 e. The summed E-state index contributed by atoms with van der Waals surface area (Å²) < 4.78 is 0. The topological polar surface area (TPSA) is 52.5 Å². The molecule has 1 N–H and O–H groups in total. The molecule has 12 heavy (non-hydrogen) atoms. The number of H-pyrrole nitrogens is 1. The van der Waals surface area contributed by atoms with Crippen LogP contribution in [0.25, 0.3) is 0 Å². The molecule has 0 fully saturated rings. The Kier molecular flexibility index (Phi) is 2.87. The van der Waals surface area contributed by atoms with Gasteiger partial charge in [0.15, 0.2) is 0 Å². The van der Waals surface area contributed by atoms with Gasteiger partial charge in [0.05, 0.1) is 11.8 Å². The van der Waals surface area contributed by atoms with Crippen LogP contribution in [0.15, 0.2) is 0 Å². The van der Waals surface area contributed by atoms with Crippen molar-refractivity contribution in [1.29, 1.82) is 5.26 Å². The van der Waals surface area contributed by atoms with Crippen LogP contribution >= 0.6 is 0 Å². The molecule has 1 heterocycles. The maximum atomic E-state index is 8.39. The molecular formula is C9H13N3. The van der Waals surface area contributed by atoms with Crippen molar-refractivity contribution < 1.29 is 0 Å². The van der Waals surface area contributed by atoms with Crippen LogP contribution in [0.1, 0.15) is 30.6 Å². The van der Waals surface area contributed by atoms with Crippen LogP contribution in [0.3, 0.4) is 0 Å². The van der Waals surface area contributed by atoms with Crippen LogP contribution in [0.4, 0.5) is 0 Å². The molecular weight excluding hydrogens is 150 g/mol. The number of nitrogens with one attached hydrogen (secondary N) is 1. The number of nitriles is 1. The summed E-state index contributed by atoms with van der Waals surface area (Å²) in [5, 5.41) is 8.39. The van der Waals surface area contributed by atoms with E-state index in [1.165, 1.54) is 0 Å². The molecule has 0 aliphatic rings. The summed E-state index contributed by atoms with van der Waals surface area (Å²) in [5.41, 5.74) is 2.13. The fourth-order valence-corrected chi connectivity index (χ4v) is 1.15. The van der Waals surface area contributed by atoms with Gasteiger partial charge in [-0.15, -0.1) is 0 Å². The van der Waals surface area contributed by atoms with E-state index in [0.29, 0.717) is 6.42 Å². The lowest BCUT2D eigenvalue weighted by Crippen LogP contribution is -1.87. The molecule has 1 aromatic heterocycles. The Balaban J connectivity index is 2.72. The van der Waals surface area contributed by atoms with Gasteiger partial charge >= 0.3 is 0 Å². The Bertz CT molecular complexity index is 293. The van der Waals surface area contributed by atoms with Crippen LogP contribution in [0.5, 0.6) is 0 Å². The lowest BCUT2D eigenvalue weighted by molar-refractivity contribution is 0.928. The number of hydrogen-bond donors (Lipinski definition) is 1. The average Bonchev–Trinajstić information content (AvgIpc) is 2.43. The van der Waals surface area contributed by atoms with E-state index in [1.54, 1.807) is 0 Å². The van der Waals surface area contributed by atoms with Crippen LogP contribution in [-0.4, -0.2) is 9.97 Å². The van der Waals surface area contributed by atoms with Crippen molar-refractivity contribution in [2.24, 2.45) is 0 Å². The molecule has 0 atom stereocenters. The number of imidazole rings is 1. The SMILES string of the molecule is CCc1nc(CCC#N)c(C)[nH]1. The second-order valence-electron chi connectivity index (χ2n) is 2.77. The van der Waals surface area contributed by atoms with E-state index >= 15 is 0 Å². The summed E-state index contributed by atoms with van der Waals surface area (Å²) in [4.78, 5) is 7.54. The number of aromatic amines is 1. The van der Waals surface area contributed by atoms with Gasteiger partial charge in [-0.25, -0.2) is 4.98 Å². The van der Waals surface area contributed by atoms with Gasteiger partial charge in [-0.1, -0.05) is 6.92 Å². The fraction of sp³-hybridized carbons (Fsp3) is 0.556. The van der Waals surface area contributed by atoms with E-state index in [2.05, 4.69) is 23.0 Å². The third-order valence-electron chi connectivity index (χ3n) is 1.84. The summed E-state index contributed by atoms with van der Waals surface area (Å²) in [7, 11) is 0. The van der Waals surface area contributed by atoms with Crippen molar-refractivity contribution in [3.05, 3.63) is 17.2 Å². The van der Waals surface area contributed by atoms with E-state index in [1.807, 2.05) is 6.92 Å². The van der Waals surface area contributed by atoms with Crippen LogP contribution < -0.4 is 0 Å². The molecule has 1 rings (SSSR count). The molecule has 0 aliphatic carbocycles. The van der Waals surface area contributed by atoms with Crippen molar-refractivity contribution in [3.8, 4) is 6.07 Å². The molecule has 0 spiro atoms. The maximum absolute atomic E-state index is 8.39. The standard InChI is InChI=1S/C9H13N3/c1-3-9-11-7(2)8(12-9)5-4-6-10/h3-5H2,1-2H3,(H,11,12). The molecule has 0 saturated heterocycles. The third-order valence-corrected chi connectivity index (χ3v) is 1.84. The second kappa shape index (κ2) is 3.91. The highest BCUT2D eigenvalue weighted by molar-refractivity contribution is 5.13. The molecule has 0 bridgehead atoms. The zero-order valence-electron chi connectivity index (χ0n) is 7.52. The lowest BCUT2D eigenvalue weighted by atomic mass is 10.2. The highest BCUT2D eigenvalue weighted by Gasteiger charge is 2.03. The second-order valence-corrected chi connectivity index (χ2v) is 2.77. The van der Waals surface area contributed by atoms with Crippen molar-refractivity contribution in [2.45, 2.75) is 33.1 Å². The summed E-state index contributed by atoms with van der Waals surface area (Å²) in [6.07, 6.45) is 2.24. The highest BCUT2D eigenvalue weighted by atomic mass is 14.9. The Morgan fingerprint density at radius 1 is 1.58 bits per heavy atom. The molecule has 3 nitrogen and oxygen atoms in total. The Morgan fingerprint density at radius 3 is 2.83 bits per heavy atom. The van der Waals surface area contributed by atoms with E-state index in [4.69, 9.17) is 5.26 Å². The van der Waals surface area contributed by atoms with Gasteiger partial charge in [0, 0.05) is 25.0 Å². The summed E-state index contributed by atoms with van der Waals surface area (Å²) in [5.74, 6) is 1.01. The highest BCUT2D eigenvalue weighted by Crippen LogP contribution is 2.07. The fourth-order valence-electron chi connectivity index (χ4n) is 1.15. The zero-order chi connectivity index (χ0) is 8.97. The molecule has 0 aliphatic heterocycles. The van der Waals surface area contributed by atoms with Crippen LogP contribution in [0.2, 0.25) is 0 Å². The molecule has 0 amide bonds. The van der Waals surface area contributed by atoms with Gasteiger partial charge in [-0.3, -0.25) is 0 Å². The van der Waals surface area contributed by atoms with Crippen molar-refractivity contribution in [1.82, 2.24) is 9.97 Å². The van der Waals surface area contributed by atoms with Crippen LogP contribution in [0, 0.1) is 18.3 Å². The predicted molar refractivity (Wildman–Crippen MR) is 46.6 cm³/mol. The van der Waals surface area contributed by atoms with Gasteiger partial charge in [0.25, 0.3) is 0 Å². The summed E-state index contributed by atoms with van der Waals surface area (Å²) in [6.45, 7) is 4.06. The van der Waals surface area contributed by atoms with Gasteiger partial charge in [0.2, 0.25) is 0 Å². The lowest BCUT2D eigenvalue weighted by Gasteiger charge is -1.89. The normalized spacial score (nSPS) is 9.75. The number of aromatic nitrogens is 2. The predicted octanol–water partition coefficient (Wildman–Crippen LogP) is 1.74. The quantitative estimate of drug-likeness (QED) is 0.737. The molecule has 0 radical (unpaired) electrons. The van der Waals surface area contributed by atoms with Gasteiger partial charge in [-0.2, -0.15) is 5.26 Å². The first-order chi connectivity index (χ1) is 5.77. The van der Waals surface area contributed by atoms with Gasteiger partial charge in [0.1, 0.15) is 5.82 Å². The first-order valence-corrected chi connectivity index (χ1v) is 4.19. The van der Waals surface area contributed by atoms with Gasteiger partial charge in [-0.05, 0) is 6.92 Å². The van der Waals surface area contributed by atoms with Crippen molar-refractivity contribution in [2.75, 3.05) is 0 Å². The Morgan fingerprint density at radius 2 is 2.33 bits per heavy atom. The summed E-state index contributed by atoms with van der Waals surface area (Å²) in [6, 6.07) is 2.12.